The van der Waals surface area contributed by atoms with Crippen LogP contribution in [0.1, 0.15) is 34.1 Å². The molecule has 0 aliphatic heterocycles. The largest absolute Gasteiger partial charge is 0.114 e. The third-order valence-electron chi connectivity index (χ3n) is 1.72. The summed E-state index contributed by atoms with van der Waals surface area (Å²) in [6, 6.07) is 0. The van der Waals surface area contributed by atoms with E-state index in [-0.39, 0.29) is 17.0 Å². The molecule has 0 bridgehead atoms. The smallest absolute Gasteiger partial charge is 0.0202 e. The summed E-state index contributed by atoms with van der Waals surface area (Å²) in [7, 11) is 0. The molecular weight excluding hydrogens is 200 g/mol. The number of hydrogen-bond donors (Lipinski definition) is 0. The van der Waals surface area contributed by atoms with Gasteiger partial charge in [-0.1, -0.05) is 30.7 Å². The zero-order valence-corrected chi connectivity index (χ0v) is 9.69. The van der Waals surface area contributed by atoms with Crippen molar-refractivity contribution in [1.29, 1.82) is 0 Å². The van der Waals surface area contributed by atoms with Crippen LogP contribution in [0.25, 0.3) is 0 Å². The lowest BCUT2D eigenvalue weighted by Crippen LogP contribution is -1.92. The normalized spacial score (nSPS) is 11.3. The Bertz CT molecular complexity index is 141. The standard InChI is InChI=1S/C10H18.BrH/c1-8(2)6-7-10(5)9(3)4;/h6,10H,3,7H2,1-2,4-5H3;1H. The van der Waals surface area contributed by atoms with E-state index in [4.69, 9.17) is 0 Å². The van der Waals surface area contributed by atoms with Crippen LogP contribution in [0.5, 0.6) is 0 Å². The molecule has 0 heterocycles. The predicted octanol–water partition coefficient (Wildman–Crippen LogP) is 4.13. The van der Waals surface area contributed by atoms with Gasteiger partial charge in [0.05, 0.1) is 0 Å². The number of allylic oxidation sites excluding steroid dienone is 3. The molecule has 0 aromatic heterocycles. The van der Waals surface area contributed by atoms with Gasteiger partial charge in [0.15, 0.2) is 0 Å². The van der Waals surface area contributed by atoms with Crippen LogP contribution in [-0.2, 0) is 0 Å². The Morgan fingerprint density at radius 2 is 1.82 bits per heavy atom. The van der Waals surface area contributed by atoms with Crippen molar-refractivity contribution in [3.8, 4) is 0 Å². The first kappa shape index (κ1) is 13.5. The van der Waals surface area contributed by atoms with E-state index in [9.17, 15) is 0 Å². The maximum Gasteiger partial charge on any atom is -0.0202 e. The molecule has 1 unspecified atom stereocenters. The molecular formula is C10H19Br. The highest BCUT2D eigenvalue weighted by Gasteiger charge is 1.97. The highest BCUT2D eigenvalue weighted by Crippen LogP contribution is 2.12. The maximum absolute atomic E-state index is 3.90. The molecule has 0 aliphatic rings. The van der Waals surface area contributed by atoms with Crippen molar-refractivity contribution in [2.45, 2.75) is 34.1 Å². The van der Waals surface area contributed by atoms with Gasteiger partial charge in [0, 0.05) is 0 Å². The van der Waals surface area contributed by atoms with E-state index >= 15 is 0 Å². The molecule has 0 aromatic carbocycles. The van der Waals surface area contributed by atoms with E-state index in [1.807, 2.05) is 0 Å². The second-order valence-electron chi connectivity index (χ2n) is 3.26. The zero-order valence-electron chi connectivity index (χ0n) is 7.98. The van der Waals surface area contributed by atoms with Gasteiger partial charge in [-0.25, -0.2) is 0 Å². The number of hydrogen-bond acceptors (Lipinski definition) is 0. The van der Waals surface area contributed by atoms with Crippen molar-refractivity contribution in [3.05, 3.63) is 23.8 Å². The summed E-state index contributed by atoms with van der Waals surface area (Å²) in [6.07, 6.45) is 3.40. The molecule has 0 aliphatic carbocycles. The third-order valence-corrected chi connectivity index (χ3v) is 1.72. The van der Waals surface area contributed by atoms with Crippen LogP contribution in [0.15, 0.2) is 23.8 Å². The predicted molar refractivity (Wildman–Crippen MR) is 58.3 cm³/mol. The molecule has 11 heavy (non-hydrogen) atoms. The maximum atomic E-state index is 3.90. The fraction of sp³-hybridized carbons (Fsp3) is 0.600. The monoisotopic (exact) mass is 218 g/mol. The van der Waals surface area contributed by atoms with Crippen molar-refractivity contribution in [2.75, 3.05) is 0 Å². The molecule has 1 heteroatoms. The molecule has 0 radical (unpaired) electrons. The lowest BCUT2D eigenvalue weighted by molar-refractivity contribution is 0.695. The SMILES string of the molecule is Br.C=C(C)C(C)CC=C(C)C. The van der Waals surface area contributed by atoms with Crippen molar-refractivity contribution in [3.63, 3.8) is 0 Å². The quantitative estimate of drug-likeness (QED) is 0.626. The molecule has 1 atom stereocenters. The Morgan fingerprint density at radius 1 is 1.36 bits per heavy atom. The Morgan fingerprint density at radius 3 is 2.09 bits per heavy atom. The lowest BCUT2D eigenvalue weighted by Gasteiger charge is -2.06. The van der Waals surface area contributed by atoms with E-state index in [0.29, 0.717) is 5.92 Å². The van der Waals surface area contributed by atoms with Gasteiger partial charge in [0.1, 0.15) is 0 Å². The Hall–Kier alpha value is -0.0400. The Balaban J connectivity index is 0. The molecule has 0 spiro atoms. The minimum absolute atomic E-state index is 0. The van der Waals surface area contributed by atoms with Crippen LogP contribution in [-0.4, -0.2) is 0 Å². The Kier molecular flexibility index (Phi) is 8.20. The molecule has 0 rings (SSSR count). The van der Waals surface area contributed by atoms with Crippen LogP contribution in [0.4, 0.5) is 0 Å². The van der Waals surface area contributed by atoms with Crippen LogP contribution in [0.3, 0.4) is 0 Å². The van der Waals surface area contributed by atoms with Gasteiger partial charge >= 0.3 is 0 Å². The van der Waals surface area contributed by atoms with Gasteiger partial charge in [0.2, 0.25) is 0 Å². The van der Waals surface area contributed by atoms with Gasteiger partial charge in [-0.3, -0.25) is 0 Å². The molecule has 0 fully saturated rings. The van der Waals surface area contributed by atoms with Crippen LogP contribution < -0.4 is 0 Å². The first-order valence-electron chi connectivity index (χ1n) is 3.82. The van der Waals surface area contributed by atoms with Gasteiger partial charge in [-0.05, 0) is 33.1 Å². The molecule has 0 saturated heterocycles. The van der Waals surface area contributed by atoms with Crippen LogP contribution in [0, 0.1) is 5.92 Å². The topological polar surface area (TPSA) is 0 Å². The average molecular weight is 219 g/mol. The average Bonchev–Trinajstić information content (AvgIpc) is 1.82. The molecule has 0 nitrogen and oxygen atoms in total. The van der Waals surface area contributed by atoms with Crippen molar-refractivity contribution in [1.82, 2.24) is 0 Å². The summed E-state index contributed by atoms with van der Waals surface area (Å²) in [6.45, 7) is 12.5. The summed E-state index contributed by atoms with van der Waals surface area (Å²) in [5.41, 5.74) is 2.67. The third kappa shape index (κ3) is 7.86. The minimum atomic E-state index is 0. The lowest BCUT2D eigenvalue weighted by atomic mass is 10.00. The molecule has 0 aromatic rings. The van der Waals surface area contributed by atoms with Crippen molar-refractivity contribution in [2.24, 2.45) is 5.92 Å². The summed E-state index contributed by atoms with van der Waals surface area (Å²) in [4.78, 5) is 0. The van der Waals surface area contributed by atoms with Crippen LogP contribution in [0.2, 0.25) is 0 Å². The van der Waals surface area contributed by atoms with Gasteiger partial charge < -0.3 is 0 Å². The summed E-state index contributed by atoms with van der Waals surface area (Å²) in [5, 5.41) is 0. The number of rotatable bonds is 3. The van der Waals surface area contributed by atoms with Crippen molar-refractivity contribution < 1.29 is 0 Å². The van der Waals surface area contributed by atoms with Gasteiger partial charge in [-0.2, -0.15) is 0 Å². The summed E-state index contributed by atoms with van der Waals surface area (Å²) in [5.74, 6) is 0.634. The summed E-state index contributed by atoms with van der Waals surface area (Å²) >= 11 is 0. The van der Waals surface area contributed by atoms with Crippen LogP contribution >= 0.6 is 17.0 Å². The zero-order chi connectivity index (χ0) is 8.15. The molecule has 0 N–H and O–H groups in total. The van der Waals surface area contributed by atoms with E-state index in [1.165, 1.54) is 11.1 Å². The van der Waals surface area contributed by atoms with E-state index in [2.05, 4.69) is 40.3 Å². The first-order valence-corrected chi connectivity index (χ1v) is 3.82. The molecule has 0 saturated carbocycles. The first-order chi connectivity index (χ1) is 4.54. The Labute approximate surface area is 81.2 Å². The fourth-order valence-electron chi connectivity index (χ4n) is 0.614. The van der Waals surface area contributed by atoms with E-state index in [0.717, 1.165) is 6.42 Å². The van der Waals surface area contributed by atoms with Crippen molar-refractivity contribution >= 4 is 17.0 Å². The summed E-state index contributed by atoms with van der Waals surface area (Å²) < 4.78 is 0. The number of halogens is 1. The second-order valence-corrected chi connectivity index (χ2v) is 3.26. The fourth-order valence-corrected chi connectivity index (χ4v) is 0.614. The van der Waals surface area contributed by atoms with Gasteiger partial charge in [-0.15, -0.1) is 17.0 Å². The highest BCUT2D eigenvalue weighted by molar-refractivity contribution is 8.93. The second kappa shape index (κ2) is 6.66. The van der Waals surface area contributed by atoms with E-state index in [1.54, 1.807) is 0 Å². The minimum Gasteiger partial charge on any atom is -0.114 e. The molecule has 66 valence electrons. The van der Waals surface area contributed by atoms with E-state index < -0.39 is 0 Å². The molecule has 0 amide bonds. The highest BCUT2D eigenvalue weighted by atomic mass is 79.9. The van der Waals surface area contributed by atoms with Gasteiger partial charge in [0.25, 0.3) is 0 Å².